The van der Waals surface area contributed by atoms with Crippen LogP contribution < -0.4 is 0 Å². The Hall–Kier alpha value is -1.85. The van der Waals surface area contributed by atoms with Gasteiger partial charge in [-0.2, -0.15) is 0 Å². The highest BCUT2D eigenvalue weighted by Gasteiger charge is 2.32. The third kappa shape index (κ3) is 4.27. The Labute approximate surface area is 160 Å². The van der Waals surface area contributed by atoms with Gasteiger partial charge in [-0.05, 0) is 13.8 Å². The highest BCUT2D eigenvalue weighted by atomic mass is 35.5. The summed E-state index contributed by atoms with van der Waals surface area (Å²) in [5.41, 5.74) is 0.654. The van der Waals surface area contributed by atoms with Gasteiger partial charge in [-0.1, -0.05) is 30.3 Å². The molecule has 5 nitrogen and oxygen atoms in total. The van der Waals surface area contributed by atoms with Gasteiger partial charge < -0.3 is 9.47 Å². The van der Waals surface area contributed by atoms with E-state index in [-0.39, 0.29) is 5.91 Å². The second kappa shape index (κ2) is 8.23. The molecule has 0 saturated carbocycles. The molecule has 3 rings (SSSR count). The summed E-state index contributed by atoms with van der Waals surface area (Å²) in [6.07, 6.45) is 3.89. The largest absolute Gasteiger partial charge is 0.340 e. The van der Waals surface area contributed by atoms with Crippen molar-refractivity contribution in [3.05, 3.63) is 42.7 Å². The molecule has 26 heavy (non-hydrogen) atoms. The Kier molecular flexibility index (Phi) is 5.99. The smallest absolute Gasteiger partial charge is 0.229 e. The SMILES string of the molecule is CC(C)(CCl)C(=O)N1CCN(CCn2ccnc2-c2ccccc2)CC1. The minimum absolute atomic E-state index is 0.160. The first-order chi connectivity index (χ1) is 12.5. The van der Waals surface area contributed by atoms with Crippen LogP contribution in [0.1, 0.15) is 13.8 Å². The fourth-order valence-electron chi connectivity index (χ4n) is 3.25. The van der Waals surface area contributed by atoms with Crippen molar-refractivity contribution in [3.8, 4) is 11.4 Å². The number of halogens is 1. The quantitative estimate of drug-likeness (QED) is 0.730. The van der Waals surface area contributed by atoms with E-state index in [1.54, 1.807) is 0 Å². The van der Waals surface area contributed by atoms with E-state index in [1.165, 1.54) is 0 Å². The Balaban J connectivity index is 1.52. The van der Waals surface area contributed by atoms with Gasteiger partial charge >= 0.3 is 0 Å². The summed E-state index contributed by atoms with van der Waals surface area (Å²) in [5.74, 6) is 1.52. The number of alkyl halides is 1. The summed E-state index contributed by atoms with van der Waals surface area (Å²) < 4.78 is 2.20. The van der Waals surface area contributed by atoms with Crippen LogP contribution in [0.3, 0.4) is 0 Å². The van der Waals surface area contributed by atoms with Crippen LogP contribution in [0.25, 0.3) is 11.4 Å². The lowest BCUT2D eigenvalue weighted by atomic mass is 9.94. The van der Waals surface area contributed by atoms with Gasteiger partial charge in [0.1, 0.15) is 5.82 Å². The summed E-state index contributed by atoms with van der Waals surface area (Å²) in [6.45, 7) is 9.03. The fraction of sp³-hybridized carbons (Fsp3) is 0.500. The molecule has 1 aliphatic rings. The summed E-state index contributed by atoms with van der Waals surface area (Å²) in [7, 11) is 0. The molecular formula is C20H27ClN4O. The monoisotopic (exact) mass is 374 g/mol. The second-order valence-electron chi connectivity index (χ2n) is 7.46. The molecule has 0 spiro atoms. The molecule has 2 aromatic rings. The van der Waals surface area contributed by atoms with Crippen LogP contribution in [0.2, 0.25) is 0 Å². The lowest BCUT2D eigenvalue weighted by molar-refractivity contribution is -0.141. The van der Waals surface area contributed by atoms with Gasteiger partial charge in [0.25, 0.3) is 0 Å². The first-order valence-electron chi connectivity index (χ1n) is 9.15. The molecule has 0 atom stereocenters. The molecule has 1 aromatic heterocycles. The Morgan fingerprint density at radius 2 is 1.81 bits per heavy atom. The van der Waals surface area contributed by atoms with Gasteiger partial charge in [-0.3, -0.25) is 9.69 Å². The van der Waals surface area contributed by atoms with Crippen LogP contribution in [-0.4, -0.2) is 63.9 Å². The van der Waals surface area contributed by atoms with Crippen molar-refractivity contribution in [2.45, 2.75) is 20.4 Å². The zero-order valence-corrected chi connectivity index (χ0v) is 16.3. The van der Waals surface area contributed by atoms with Crippen LogP contribution in [0.15, 0.2) is 42.7 Å². The van der Waals surface area contributed by atoms with Gasteiger partial charge in [-0.15, -0.1) is 11.6 Å². The molecule has 2 heterocycles. The van der Waals surface area contributed by atoms with E-state index in [0.717, 1.165) is 50.7 Å². The number of rotatable bonds is 6. The third-order valence-electron chi connectivity index (χ3n) is 4.98. The lowest BCUT2D eigenvalue weighted by Gasteiger charge is -2.38. The third-order valence-corrected chi connectivity index (χ3v) is 5.65. The number of carbonyl (C=O) groups is 1. The Morgan fingerprint density at radius 1 is 1.12 bits per heavy atom. The van der Waals surface area contributed by atoms with Crippen molar-refractivity contribution in [1.82, 2.24) is 19.4 Å². The van der Waals surface area contributed by atoms with E-state index in [9.17, 15) is 4.79 Å². The van der Waals surface area contributed by atoms with Gasteiger partial charge in [0.2, 0.25) is 5.91 Å². The van der Waals surface area contributed by atoms with Gasteiger partial charge in [-0.25, -0.2) is 4.98 Å². The first-order valence-corrected chi connectivity index (χ1v) is 9.69. The van der Waals surface area contributed by atoms with Gasteiger partial charge in [0, 0.05) is 63.1 Å². The molecule has 1 amide bonds. The zero-order chi connectivity index (χ0) is 18.6. The van der Waals surface area contributed by atoms with E-state index in [0.29, 0.717) is 5.88 Å². The maximum absolute atomic E-state index is 12.5. The van der Waals surface area contributed by atoms with Crippen molar-refractivity contribution in [1.29, 1.82) is 0 Å². The lowest BCUT2D eigenvalue weighted by Crippen LogP contribution is -2.52. The molecule has 140 valence electrons. The number of benzene rings is 1. The van der Waals surface area contributed by atoms with Crippen LogP contribution in [0, 0.1) is 5.41 Å². The number of piperazine rings is 1. The predicted octanol–water partition coefficient (Wildman–Crippen LogP) is 2.96. The molecule has 0 N–H and O–H groups in total. The zero-order valence-electron chi connectivity index (χ0n) is 15.6. The number of hydrogen-bond acceptors (Lipinski definition) is 3. The molecule has 1 saturated heterocycles. The molecule has 1 fully saturated rings. The average molecular weight is 375 g/mol. The van der Waals surface area contributed by atoms with E-state index in [2.05, 4.69) is 26.6 Å². The number of nitrogens with zero attached hydrogens (tertiary/aromatic N) is 4. The average Bonchev–Trinajstić information content (AvgIpc) is 3.15. The van der Waals surface area contributed by atoms with E-state index < -0.39 is 5.41 Å². The molecule has 0 aliphatic carbocycles. The minimum atomic E-state index is -0.481. The summed E-state index contributed by atoms with van der Waals surface area (Å²) in [4.78, 5) is 21.4. The molecule has 6 heteroatoms. The topological polar surface area (TPSA) is 41.4 Å². The van der Waals surface area contributed by atoms with Crippen molar-refractivity contribution >= 4 is 17.5 Å². The number of hydrogen-bond donors (Lipinski definition) is 0. The highest BCUT2D eigenvalue weighted by molar-refractivity contribution is 6.19. The second-order valence-corrected chi connectivity index (χ2v) is 7.73. The van der Waals surface area contributed by atoms with Crippen LogP contribution in [0.4, 0.5) is 0 Å². The maximum Gasteiger partial charge on any atom is 0.229 e. The number of carbonyl (C=O) groups excluding carboxylic acids is 1. The van der Waals surface area contributed by atoms with E-state index in [1.807, 2.05) is 49.3 Å². The summed E-state index contributed by atoms with van der Waals surface area (Å²) in [6, 6.07) is 10.3. The molecule has 0 radical (unpaired) electrons. The fourth-order valence-corrected chi connectivity index (χ4v) is 3.36. The van der Waals surface area contributed by atoms with Gasteiger partial charge in [0.05, 0.1) is 5.41 Å². The predicted molar refractivity (Wildman–Crippen MR) is 105 cm³/mol. The van der Waals surface area contributed by atoms with E-state index in [4.69, 9.17) is 11.6 Å². The highest BCUT2D eigenvalue weighted by Crippen LogP contribution is 2.22. The number of aromatic nitrogens is 2. The number of amides is 1. The van der Waals surface area contributed by atoms with Crippen molar-refractivity contribution in [2.75, 3.05) is 38.6 Å². The first kappa shape index (κ1) is 18.9. The molecule has 0 unspecified atom stereocenters. The van der Waals surface area contributed by atoms with Gasteiger partial charge in [0.15, 0.2) is 0 Å². The van der Waals surface area contributed by atoms with Crippen LogP contribution in [-0.2, 0) is 11.3 Å². The number of imidazole rings is 1. The van der Waals surface area contributed by atoms with Crippen LogP contribution >= 0.6 is 11.6 Å². The molecule has 1 aromatic carbocycles. The summed E-state index contributed by atoms with van der Waals surface area (Å²) >= 11 is 5.94. The van der Waals surface area contributed by atoms with Crippen molar-refractivity contribution < 1.29 is 4.79 Å². The molecule has 1 aliphatic heterocycles. The van der Waals surface area contributed by atoms with E-state index >= 15 is 0 Å². The standard InChI is InChI=1S/C20H27ClN4O/c1-20(2,16-21)19(26)25-14-11-23(12-15-25)10-13-24-9-8-22-18(24)17-6-4-3-5-7-17/h3-9H,10-16H2,1-2H3. The maximum atomic E-state index is 12.5. The molecular weight excluding hydrogens is 348 g/mol. The molecule has 0 bridgehead atoms. The normalized spacial score (nSPS) is 16.0. The van der Waals surface area contributed by atoms with Crippen molar-refractivity contribution in [2.24, 2.45) is 5.41 Å². The van der Waals surface area contributed by atoms with Crippen LogP contribution in [0.5, 0.6) is 0 Å². The van der Waals surface area contributed by atoms with Crippen molar-refractivity contribution in [3.63, 3.8) is 0 Å². The summed E-state index contributed by atoms with van der Waals surface area (Å²) in [5, 5.41) is 0. The minimum Gasteiger partial charge on any atom is -0.340 e. The Morgan fingerprint density at radius 3 is 2.46 bits per heavy atom. The Bertz CT molecular complexity index is 720.